The summed E-state index contributed by atoms with van der Waals surface area (Å²) in [5.41, 5.74) is 8.31. The predicted octanol–water partition coefficient (Wildman–Crippen LogP) is 2.20. The molecule has 7 nitrogen and oxygen atoms in total. The lowest BCUT2D eigenvalue weighted by Gasteiger charge is -2.19. The molecular formula is C20H25N5O2. The molecule has 0 atom stereocenters. The highest BCUT2D eigenvalue weighted by Gasteiger charge is 2.13. The average molecular weight is 367 g/mol. The number of anilines is 1. The van der Waals surface area contributed by atoms with Crippen LogP contribution in [0.3, 0.4) is 0 Å². The molecule has 7 heteroatoms. The number of hydrogen-bond donors (Lipinski definition) is 2. The van der Waals surface area contributed by atoms with Gasteiger partial charge < -0.3 is 15.4 Å². The van der Waals surface area contributed by atoms with Crippen LogP contribution in [0.25, 0.3) is 11.1 Å². The summed E-state index contributed by atoms with van der Waals surface area (Å²) in [6.45, 7) is 3.21. The van der Waals surface area contributed by atoms with Gasteiger partial charge in [-0.3, -0.25) is 10.2 Å². The number of hydrogen-bond acceptors (Lipinski definition) is 6. The van der Waals surface area contributed by atoms with Gasteiger partial charge in [0, 0.05) is 44.1 Å². The summed E-state index contributed by atoms with van der Waals surface area (Å²) in [6.07, 6.45) is 5.70. The van der Waals surface area contributed by atoms with Gasteiger partial charge in [0.25, 0.3) is 0 Å². The fraction of sp³-hybridized carbons (Fsp3) is 0.400. The van der Waals surface area contributed by atoms with Gasteiger partial charge in [-0.2, -0.15) is 0 Å². The first kappa shape index (κ1) is 19.0. The molecule has 1 aliphatic rings. The lowest BCUT2D eigenvalue weighted by Crippen LogP contribution is -2.27. The van der Waals surface area contributed by atoms with Gasteiger partial charge in [0.05, 0.1) is 18.9 Å². The molecule has 0 amide bonds. The van der Waals surface area contributed by atoms with E-state index >= 15 is 0 Å². The highest BCUT2D eigenvalue weighted by atomic mass is 16.5. The SMILES string of the molecule is N=C(N)CC(=O)CCc1cccc(-c2cnc(N3CCCOCC3)nc2)c1. The smallest absolute Gasteiger partial charge is 0.225 e. The zero-order valence-electron chi connectivity index (χ0n) is 15.4. The van der Waals surface area contributed by atoms with Gasteiger partial charge in [0.15, 0.2) is 0 Å². The van der Waals surface area contributed by atoms with E-state index in [-0.39, 0.29) is 18.0 Å². The molecule has 2 aromatic rings. The number of nitrogens with two attached hydrogens (primary N) is 1. The highest BCUT2D eigenvalue weighted by molar-refractivity contribution is 5.98. The Morgan fingerprint density at radius 3 is 2.78 bits per heavy atom. The zero-order chi connectivity index (χ0) is 19.1. The first-order valence-corrected chi connectivity index (χ1v) is 9.20. The maximum Gasteiger partial charge on any atom is 0.225 e. The van der Waals surface area contributed by atoms with Crippen molar-refractivity contribution in [2.75, 3.05) is 31.2 Å². The normalized spacial score (nSPS) is 14.6. The topological polar surface area (TPSA) is 105 Å². The summed E-state index contributed by atoms with van der Waals surface area (Å²) in [6, 6.07) is 8.04. The zero-order valence-corrected chi connectivity index (χ0v) is 15.4. The number of rotatable bonds is 7. The standard InChI is InChI=1S/C20H25N5O2/c21-19(22)12-18(26)6-5-15-3-1-4-16(11-15)17-13-23-20(24-14-17)25-7-2-9-27-10-8-25/h1,3-4,11,13-14H,2,5-10,12H2,(H3,21,22). The molecule has 2 heterocycles. The molecular weight excluding hydrogens is 342 g/mol. The van der Waals surface area contributed by atoms with Crippen LogP contribution in [0.1, 0.15) is 24.8 Å². The van der Waals surface area contributed by atoms with Crippen LogP contribution < -0.4 is 10.6 Å². The van der Waals surface area contributed by atoms with E-state index in [1.54, 1.807) is 0 Å². The third kappa shape index (κ3) is 5.59. The van der Waals surface area contributed by atoms with E-state index in [4.69, 9.17) is 15.9 Å². The van der Waals surface area contributed by atoms with Crippen LogP contribution in [0.5, 0.6) is 0 Å². The highest BCUT2D eigenvalue weighted by Crippen LogP contribution is 2.21. The quantitative estimate of drug-likeness (QED) is 0.574. The Labute approximate surface area is 159 Å². The second-order valence-electron chi connectivity index (χ2n) is 6.67. The van der Waals surface area contributed by atoms with Crippen LogP contribution in [0.15, 0.2) is 36.7 Å². The second-order valence-corrected chi connectivity index (χ2v) is 6.67. The maximum atomic E-state index is 11.7. The molecule has 0 aliphatic carbocycles. The molecule has 0 radical (unpaired) electrons. The van der Waals surface area contributed by atoms with Gasteiger partial charge in [-0.25, -0.2) is 9.97 Å². The molecule has 3 rings (SSSR count). The van der Waals surface area contributed by atoms with E-state index in [2.05, 4.69) is 20.9 Å². The molecule has 142 valence electrons. The molecule has 1 aliphatic heterocycles. The van der Waals surface area contributed by atoms with Crippen molar-refractivity contribution >= 4 is 17.6 Å². The maximum absolute atomic E-state index is 11.7. The number of nitrogens with one attached hydrogen (secondary N) is 1. The molecule has 1 saturated heterocycles. The summed E-state index contributed by atoms with van der Waals surface area (Å²) in [4.78, 5) is 22.9. The number of aryl methyl sites for hydroxylation is 1. The summed E-state index contributed by atoms with van der Waals surface area (Å²) in [5.74, 6) is 0.638. The van der Waals surface area contributed by atoms with Gasteiger partial charge in [-0.1, -0.05) is 24.3 Å². The van der Waals surface area contributed by atoms with Crippen molar-refractivity contribution in [3.8, 4) is 11.1 Å². The fourth-order valence-corrected chi connectivity index (χ4v) is 3.07. The van der Waals surface area contributed by atoms with Crippen molar-refractivity contribution in [2.24, 2.45) is 5.73 Å². The Morgan fingerprint density at radius 1 is 1.19 bits per heavy atom. The van der Waals surface area contributed by atoms with Crippen LogP contribution in [-0.2, 0) is 16.0 Å². The van der Waals surface area contributed by atoms with E-state index in [0.29, 0.717) is 19.4 Å². The van der Waals surface area contributed by atoms with E-state index in [0.717, 1.165) is 48.8 Å². The van der Waals surface area contributed by atoms with Crippen LogP contribution in [0.2, 0.25) is 0 Å². The Kier molecular flexibility index (Phi) is 6.49. The van der Waals surface area contributed by atoms with Crippen molar-refractivity contribution in [3.63, 3.8) is 0 Å². The van der Waals surface area contributed by atoms with Gasteiger partial charge in [-0.05, 0) is 24.0 Å². The number of amidine groups is 1. The first-order valence-electron chi connectivity index (χ1n) is 9.20. The molecule has 3 N–H and O–H groups in total. The monoisotopic (exact) mass is 367 g/mol. The summed E-state index contributed by atoms with van der Waals surface area (Å²) in [7, 11) is 0. The number of benzene rings is 1. The third-order valence-electron chi connectivity index (χ3n) is 4.48. The van der Waals surface area contributed by atoms with Gasteiger partial charge in [0.1, 0.15) is 5.78 Å². The minimum atomic E-state index is -0.0815. The number of ketones is 1. The molecule has 0 bridgehead atoms. The van der Waals surface area contributed by atoms with E-state index < -0.39 is 0 Å². The van der Waals surface area contributed by atoms with E-state index in [9.17, 15) is 4.79 Å². The number of aromatic nitrogens is 2. The minimum absolute atomic E-state index is 0.0120. The largest absolute Gasteiger partial charge is 0.387 e. The van der Waals surface area contributed by atoms with E-state index in [1.807, 2.05) is 30.6 Å². The number of nitrogens with zero attached hydrogens (tertiary/aromatic N) is 3. The van der Waals surface area contributed by atoms with Crippen molar-refractivity contribution in [2.45, 2.75) is 25.7 Å². The molecule has 1 aromatic carbocycles. The lowest BCUT2D eigenvalue weighted by molar-refractivity contribution is -0.117. The van der Waals surface area contributed by atoms with Gasteiger partial charge in [0.2, 0.25) is 5.95 Å². The minimum Gasteiger partial charge on any atom is -0.387 e. The molecule has 1 aromatic heterocycles. The van der Waals surface area contributed by atoms with Crippen molar-refractivity contribution in [1.82, 2.24) is 9.97 Å². The van der Waals surface area contributed by atoms with Crippen molar-refractivity contribution in [3.05, 3.63) is 42.2 Å². The Bertz CT molecular complexity index is 783. The Morgan fingerprint density at radius 2 is 2.00 bits per heavy atom. The van der Waals surface area contributed by atoms with Crippen LogP contribution >= 0.6 is 0 Å². The summed E-state index contributed by atoms with van der Waals surface area (Å²) < 4.78 is 5.47. The molecule has 1 fully saturated rings. The predicted molar refractivity (Wildman–Crippen MR) is 105 cm³/mol. The lowest BCUT2D eigenvalue weighted by atomic mass is 10.0. The third-order valence-corrected chi connectivity index (χ3v) is 4.48. The Balaban J connectivity index is 1.65. The Hall–Kier alpha value is -2.80. The van der Waals surface area contributed by atoms with Crippen LogP contribution in [-0.4, -0.2) is 47.9 Å². The molecule has 0 unspecified atom stereocenters. The molecule has 0 saturated carbocycles. The van der Waals surface area contributed by atoms with E-state index in [1.165, 1.54) is 0 Å². The molecule has 27 heavy (non-hydrogen) atoms. The van der Waals surface area contributed by atoms with Gasteiger partial charge in [-0.15, -0.1) is 0 Å². The van der Waals surface area contributed by atoms with Gasteiger partial charge >= 0.3 is 0 Å². The number of carbonyl (C=O) groups excluding carboxylic acids is 1. The number of ether oxygens (including phenoxy) is 1. The summed E-state index contributed by atoms with van der Waals surface area (Å²) in [5, 5.41) is 7.19. The van der Waals surface area contributed by atoms with Crippen LogP contribution in [0, 0.1) is 5.41 Å². The number of carbonyl (C=O) groups is 1. The number of Topliss-reactive ketones (excluding diaryl/α,β-unsaturated/α-hetero) is 1. The average Bonchev–Trinajstić information content (AvgIpc) is 2.96. The fourth-order valence-electron chi connectivity index (χ4n) is 3.07. The molecule has 0 spiro atoms. The van der Waals surface area contributed by atoms with Crippen LogP contribution in [0.4, 0.5) is 5.95 Å². The van der Waals surface area contributed by atoms with Crippen molar-refractivity contribution < 1.29 is 9.53 Å². The summed E-state index contributed by atoms with van der Waals surface area (Å²) >= 11 is 0. The second kappa shape index (κ2) is 9.23. The first-order chi connectivity index (χ1) is 13.1. The van der Waals surface area contributed by atoms with Crippen molar-refractivity contribution in [1.29, 1.82) is 5.41 Å².